The van der Waals surface area contributed by atoms with Crippen LogP contribution in [0.4, 0.5) is 0 Å². The fraction of sp³-hybridized carbons (Fsp3) is 0.200. The van der Waals surface area contributed by atoms with Crippen molar-refractivity contribution < 1.29 is 4.74 Å². The smallest absolute Gasteiger partial charge is 0.207 e. The van der Waals surface area contributed by atoms with Crippen LogP contribution in [0.25, 0.3) is 0 Å². The van der Waals surface area contributed by atoms with Gasteiger partial charge in [-0.2, -0.15) is 10.3 Å². The van der Waals surface area contributed by atoms with E-state index in [1.54, 1.807) is 30.5 Å². The lowest BCUT2D eigenvalue weighted by atomic mass is 10.2. The van der Waals surface area contributed by atoms with Gasteiger partial charge in [0.05, 0.1) is 0 Å². The molecule has 0 saturated heterocycles. The molecule has 0 unspecified atom stereocenters. The van der Waals surface area contributed by atoms with Crippen LogP contribution in [-0.2, 0) is 0 Å². The first-order valence-electron chi connectivity index (χ1n) is 4.43. The lowest BCUT2D eigenvalue weighted by Crippen LogP contribution is -2.13. The Labute approximate surface area is 88.0 Å². The van der Waals surface area contributed by atoms with Crippen LogP contribution in [0, 0.1) is 11.5 Å². The summed E-state index contributed by atoms with van der Waals surface area (Å²) in [5.74, 6) is 0.914. The van der Waals surface area contributed by atoms with E-state index < -0.39 is 0 Å². The number of nitriles is 1. The van der Waals surface area contributed by atoms with Gasteiger partial charge in [-0.15, -0.1) is 0 Å². The van der Waals surface area contributed by atoms with Crippen molar-refractivity contribution in [2.75, 3.05) is 13.2 Å². The van der Waals surface area contributed by atoms with Gasteiger partial charge >= 0.3 is 0 Å². The number of amidine groups is 1. The van der Waals surface area contributed by atoms with Crippen LogP contribution in [-0.4, -0.2) is 19.0 Å². The van der Waals surface area contributed by atoms with E-state index in [2.05, 4.69) is 4.99 Å². The highest BCUT2D eigenvalue weighted by Crippen LogP contribution is 2.11. The molecule has 0 aliphatic rings. The molecule has 0 heterocycles. The van der Waals surface area contributed by atoms with E-state index in [-0.39, 0.29) is 5.84 Å². The lowest BCUT2D eigenvalue weighted by Gasteiger charge is -2.04. The van der Waals surface area contributed by atoms with Gasteiger partial charge in [-0.05, 0) is 24.3 Å². The van der Waals surface area contributed by atoms with Gasteiger partial charge in [0.2, 0.25) is 6.19 Å². The molecular weight excluding hydrogens is 192 g/mol. The van der Waals surface area contributed by atoms with E-state index >= 15 is 0 Å². The number of hydrogen-bond donors (Lipinski definition) is 2. The standard InChI is InChI=1S/C10H12N4O/c11-5-6-15-9-3-1-8(2-4-9)10(13)14-7-12/h1-4H,5-6,11H2,(H2,13,14). The molecule has 5 heteroatoms. The van der Waals surface area contributed by atoms with Crippen LogP contribution in [0.5, 0.6) is 5.75 Å². The molecule has 15 heavy (non-hydrogen) atoms. The second-order valence-electron chi connectivity index (χ2n) is 2.76. The molecule has 0 amide bonds. The van der Waals surface area contributed by atoms with Gasteiger partial charge in [0.15, 0.2) is 0 Å². The average molecular weight is 204 g/mol. The molecule has 0 spiro atoms. The predicted molar refractivity (Wildman–Crippen MR) is 57.3 cm³/mol. The van der Waals surface area contributed by atoms with E-state index in [9.17, 15) is 0 Å². The van der Waals surface area contributed by atoms with Gasteiger partial charge < -0.3 is 16.2 Å². The number of nitrogens with two attached hydrogens (primary N) is 2. The molecule has 1 aromatic rings. The molecule has 0 radical (unpaired) electrons. The van der Waals surface area contributed by atoms with Crippen molar-refractivity contribution in [3.05, 3.63) is 29.8 Å². The van der Waals surface area contributed by atoms with Crippen molar-refractivity contribution in [2.45, 2.75) is 0 Å². The molecule has 0 aromatic heterocycles. The van der Waals surface area contributed by atoms with Crippen LogP contribution in [0.15, 0.2) is 29.3 Å². The number of ether oxygens (including phenoxy) is 1. The second kappa shape index (κ2) is 5.62. The van der Waals surface area contributed by atoms with E-state index in [4.69, 9.17) is 21.5 Å². The summed E-state index contributed by atoms with van der Waals surface area (Å²) in [7, 11) is 0. The summed E-state index contributed by atoms with van der Waals surface area (Å²) in [4.78, 5) is 3.43. The van der Waals surface area contributed by atoms with Crippen LogP contribution < -0.4 is 16.2 Å². The number of nitrogens with zero attached hydrogens (tertiary/aromatic N) is 2. The summed E-state index contributed by atoms with van der Waals surface area (Å²) in [6, 6.07) is 6.99. The van der Waals surface area contributed by atoms with E-state index in [0.29, 0.717) is 24.5 Å². The minimum Gasteiger partial charge on any atom is -0.492 e. The highest BCUT2D eigenvalue weighted by molar-refractivity contribution is 5.98. The van der Waals surface area contributed by atoms with Gasteiger partial charge in [-0.1, -0.05) is 0 Å². The molecule has 78 valence electrons. The number of benzene rings is 1. The van der Waals surface area contributed by atoms with Gasteiger partial charge in [-0.25, -0.2) is 0 Å². The Bertz CT molecular complexity index is 377. The first-order valence-corrected chi connectivity index (χ1v) is 4.43. The average Bonchev–Trinajstić information content (AvgIpc) is 2.27. The highest BCUT2D eigenvalue weighted by Gasteiger charge is 1.98. The maximum absolute atomic E-state index is 8.31. The maximum Gasteiger partial charge on any atom is 0.207 e. The molecule has 5 nitrogen and oxygen atoms in total. The zero-order chi connectivity index (χ0) is 11.1. The van der Waals surface area contributed by atoms with Crippen molar-refractivity contribution in [1.82, 2.24) is 0 Å². The molecule has 0 saturated carbocycles. The van der Waals surface area contributed by atoms with Crippen molar-refractivity contribution >= 4 is 5.84 Å². The zero-order valence-electron chi connectivity index (χ0n) is 8.18. The third-order valence-electron chi connectivity index (χ3n) is 1.71. The van der Waals surface area contributed by atoms with Crippen molar-refractivity contribution in [1.29, 1.82) is 5.26 Å². The molecule has 1 rings (SSSR count). The van der Waals surface area contributed by atoms with Crippen LogP contribution in [0.3, 0.4) is 0 Å². The van der Waals surface area contributed by atoms with Gasteiger partial charge in [-0.3, -0.25) is 0 Å². The fourth-order valence-corrected chi connectivity index (χ4v) is 1.02. The molecular formula is C10H12N4O. The SMILES string of the molecule is N#CN=C(N)c1ccc(OCCN)cc1. The maximum atomic E-state index is 8.31. The Kier molecular flexibility index (Phi) is 4.13. The van der Waals surface area contributed by atoms with Gasteiger partial charge in [0.1, 0.15) is 18.2 Å². The molecule has 0 atom stereocenters. The third kappa shape index (κ3) is 3.29. The Hall–Kier alpha value is -2.06. The Morgan fingerprint density at radius 2 is 2.07 bits per heavy atom. The van der Waals surface area contributed by atoms with Gasteiger partial charge in [0.25, 0.3) is 0 Å². The minimum atomic E-state index is 0.197. The topological polar surface area (TPSA) is 97.4 Å². The second-order valence-corrected chi connectivity index (χ2v) is 2.76. The Morgan fingerprint density at radius 3 is 2.60 bits per heavy atom. The fourth-order valence-electron chi connectivity index (χ4n) is 1.02. The monoisotopic (exact) mass is 204 g/mol. The summed E-state index contributed by atoms with van der Waals surface area (Å²) in [6.45, 7) is 0.945. The summed E-state index contributed by atoms with van der Waals surface area (Å²) in [6.07, 6.45) is 1.63. The number of aliphatic imine (C=N–C) groups is 1. The van der Waals surface area contributed by atoms with Crippen LogP contribution in [0.1, 0.15) is 5.56 Å². The largest absolute Gasteiger partial charge is 0.492 e. The highest BCUT2D eigenvalue weighted by atomic mass is 16.5. The number of hydrogen-bond acceptors (Lipinski definition) is 4. The van der Waals surface area contributed by atoms with E-state index in [1.807, 2.05) is 0 Å². The number of rotatable bonds is 4. The first kappa shape index (κ1) is 11.0. The summed E-state index contributed by atoms with van der Waals surface area (Å²) < 4.78 is 5.28. The van der Waals surface area contributed by atoms with Crippen molar-refractivity contribution in [2.24, 2.45) is 16.5 Å². The Morgan fingerprint density at radius 1 is 1.40 bits per heavy atom. The quantitative estimate of drug-likeness (QED) is 0.416. The van der Waals surface area contributed by atoms with Crippen molar-refractivity contribution in [3.63, 3.8) is 0 Å². The Balaban J connectivity index is 2.73. The molecule has 1 aromatic carbocycles. The van der Waals surface area contributed by atoms with Gasteiger partial charge in [0, 0.05) is 12.1 Å². The van der Waals surface area contributed by atoms with E-state index in [0.717, 1.165) is 0 Å². The third-order valence-corrected chi connectivity index (χ3v) is 1.71. The minimum absolute atomic E-state index is 0.197. The summed E-state index contributed by atoms with van der Waals surface area (Å²) >= 11 is 0. The summed E-state index contributed by atoms with van der Waals surface area (Å²) in [5, 5.41) is 8.31. The normalized spacial score (nSPS) is 10.8. The first-order chi connectivity index (χ1) is 7.27. The van der Waals surface area contributed by atoms with Crippen LogP contribution >= 0.6 is 0 Å². The zero-order valence-corrected chi connectivity index (χ0v) is 8.18. The van der Waals surface area contributed by atoms with E-state index in [1.165, 1.54) is 0 Å². The molecule has 0 aliphatic heterocycles. The van der Waals surface area contributed by atoms with Crippen molar-refractivity contribution in [3.8, 4) is 11.9 Å². The van der Waals surface area contributed by atoms with Crippen LogP contribution in [0.2, 0.25) is 0 Å². The molecule has 0 fully saturated rings. The lowest BCUT2D eigenvalue weighted by molar-refractivity contribution is 0.328. The molecule has 4 N–H and O–H groups in total. The molecule has 0 bridgehead atoms. The molecule has 0 aliphatic carbocycles. The summed E-state index contributed by atoms with van der Waals surface area (Å²) in [5.41, 5.74) is 11.5. The predicted octanol–water partition coefficient (Wildman–Crippen LogP) is 0.210.